The summed E-state index contributed by atoms with van der Waals surface area (Å²) in [5, 5.41) is 3.80. The zero-order chi connectivity index (χ0) is 14.8. The number of aliphatic imine (C=N–C) groups is 1. The third-order valence-electron chi connectivity index (χ3n) is 4.05. The largest absolute Gasteiger partial charge is 0.349 e. The number of aromatic nitrogens is 1. The van der Waals surface area contributed by atoms with Gasteiger partial charge in [0.2, 0.25) is 0 Å². The summed E-state index contributed by atoms with van der Waals surface area (Å²) in [7, 11) is 0. The number of hydrogen-bond acceptors (Lipinski definition) is 6. The highest BCUT2D eigenvalue weighted by Gasteiger charge is 2.24. The van der Waals surface area contributed by atoms with Gasteiger partial charge in [0.1, 0.15) is 0 Å². The zero-order valence-electron chi connectivity index (χ0n) is 12.6. The third kappa shape index (κ3) is 3.52. The van der Waals surface area contributed by atoms with Crippen LogP contribution in [-0.2, 0) is 6.54 Å². The van der Waals surface area contributed by atoms with Crippen molar-refractivity contribution in [1.29, 1.82) is 0 Å². The first-order valence-corrected chi connectivity index (χ1v) is 9.23. The average Bonchev–Trinajstić information content (AvgIpc) is 3.05. The van der Waals surface area contributed by atoms with Gasteiger partial charge in [0, 0.05) is 55.6 Å². The Hall–Kier alpha value is -0.790. The molecule has 0 aliphatic carbocycles. The highest BCUT2D eigenvalue weighted by atomic mass is 32.2. The zero-order valence-corrected chi connectivity index (χ0v) is 14.3. The summed E-state index contributed by atoms with van der Waals surface area (Å²) >= 11 is 3.20. The molecule has 1 aromatic rings. The molecule has 1 aromatic heterocycles. The monoisotopic (exact) mass is 326 g/mol. The van der Waals surface area contributed by atoms with Gasteiger partial charge < -0.3 is 9.47 Å². The molecule has 0 spiro atoms. The first-order chi connectivity index (χ1) is 10.1. The fraction of sp³-hybridized carbons (Fsp3) is 0.714. The van der Waals surface area contributed by atoms with E-state index < -0.39 is 0 Å². The van der Waals surface area contributed by atoms with Crippen LogP contribution in [0.15, 0.2) is 15.2 Å². The van der Waals surface area contributed by atoms with E-state index in [4.69, 9.17) is 0 Å². The van der Waals surface area contributed by atoms with Crippen molar-refractivity contribution < 1.29 is 0 Å². The number of thiazole rings is 1. The normalized spacial score (nSPS) is 23.6. The minimum atomic E-state index is 0.164. The van der Waals surface area contributed by atoms with Crippen LogP contribution in [0.5, 0.6) is 0 Å². The Labute approximate surface area is 133 Å². The molecule has 21 heavy (non-hydrogen) atoms. The molecule has 5 nitrogen and oxygen atoms in total. The molecule has 3 rings (SSSR count). The van der Waals surface area contributed by atoms with Crippen LogP contribution in [-0.4, -0.2) is 64.1 Å². The summed E-state index contributed by atoms with van der Waals surface area (Å²) in [4.78, 5) is 21.3. The van der Waals surface area contributed by atoms with E-state index in [0.29, 0.717) is 5.25 Å². The molecule has 1 atom stereocenters. The van der Waals surface area contributed by atoms with Crippen molar-refractivity contribution in [2.45, 2.75) is 25.6 Å². The Morgan fingerprint density at radius 3 is 2.62 bits per heavy atom. The number of amidine groups is 1. The predicted molar refractivity (Wildman–Crippen MR) is 90.7 cm³/mol. The molecular formula is C14H22N4OS2. The van der Waals surface area contributed by atoms with Gasteiger partial charge in [-0.25, -0.2) is 0 Å². The standard InChI is InChI=1S/C14H22N4OS2/c1-11-10-20-14(19)18(11)8-5-16-3-6-17(7-4-16)13-15-9-12(2)21-13/h10,12H,3-9H2,1-2H3/t12-/m0/s1. The van der Waals surface area contributed by atoms with Gasteiger partial charge in [-0.1, -0.05) is 30.0 Å². The number of hydrogen-bond donors (Lipinski definition) is 0. The molecule has 0 bridgehead atoms. The second-order valence-electron chi connectivity index (χ2n) is 5.68. The van der Waals surface area contributed by atoms with Gasteiger partial charge in [-0.15, -0.1) is 0 Å². The van der Waals surface area contributed by atoms with E-state index in [2.05, 4.69) is 21.7 Å². The predicted octanol–water partition coefficient (Wildman–Crippen LogP) is 1.33. The fourth-order valence-corrected chi connectivity index (χ4v) is 4.47. The lowest BCUT2D eigenvalue weighted by Crippen LogP contribution is -2.48. The molecule has 0 saturated carbocycles. The Bertz CT molecular complexity index is 572. The van der Waals surface area contributed by atoms with Crippen molar-refractivity contribution in [3.8, 4) is 0 Å². The molecule has 116 valence electrons. The SMILES string of the molecule is Cc1csc(=O)n1CCN1CCN(C2=NC[C@H](C)S2)CC1. The molecule has 1 saturated heterocycles. The molecule has 7 heteroatoms. The van der Waals surface area contributed by atoms with Crippen LogP contribution in [0.25, 0.3) is 0 Å². The topological polar surface area (TPSA) is 40.8 Å². The van der Waals surface area contributed by atoms with E-state index >= 15 is 0 Å². The number of rotatable bonds is 3. The maximum Gasteiger partial charge on any atom is 0.307 e. The molecule has 2 aliphatic heterocycles. The molecular weight excluding hydrogens is 304 g/mol. The van der Waals surface area contributed by atoms with E-state index in [1.165, 1.54) is 16.5 Å². The van der Waals surface area contributed by atoms with Crippen molar-refractivity contribution in [1.82, 2.24) is 14.4 Å². The smallest absolute Gasteiger partial charge is 0.307 e. The summed E-state index contributed by atoms with van der Waals surface area (Å²) in [6, 6.07) is 0. The third-order valence-corrected chi connectivity index (χ3v) is 6.08. The van der Waals surface area contributed by atoms with Crippen LogP contribution in [0.2, 0.25) is 0 Å². The first kappa shape index (κ1) is 15.1. The minimum Gasteiger partial charge on any atom is -0.349 e. The van der Waals surface area contributed by atoms with Crippen molar-refractivity contribution in [3.63, 3.8) is 0 Å². The van der Waals surface area contributed by atoms with E-state index in [9.17, 15) is 4.79 Å². The summed E-state index contributed by atoms with van der Waals surface area (Å²) in [5.41, 5.74) is 1.08. The van der Waals surface area contributed by atoms with Gasteiger partial charge >= 0.3 is 4.87 Å². The maximum atomic E-state index is 11.7. The quantitative estimate of drug-likeness (QED) is 0.840. The van der Waals surface area contributed by atoms with Crippen molar-refractivity contribution in [3.05, 3.63) is 20.7 Å². The number of piperazine rings is 1. The Morgan fingerprint density at radius 1 is 1.29 bits per heavy atom. The van der Waals surface area contributed by atoms with Gasteiger partial charge in [0.05, 0.1) is 6.54 Å². The Morgan fingerprint density at radius 2 is 2.05 bits per heavy atom. The second kappa shape index (κ2) is 6.54. The Kier molecular flexibility index (Phi) is 4.71. The summed E-state index contributed by atoms with van der Waals surface area (Å²) in [5.74, 6) is 0. The van der Waals surface area contributed by atoms with Crippen molar-refractivity contribution in [2.24, 2.45) is 4.99 Å². The molecule has 2 aliphatic rings. The molecule has 0 N–H and O–H groups in total. The van der Waals surface area contributed by atoms with E-state index in [-0.39, 0.29) is 4.87 Å². The molecule has 0 amide bonds. The van der Waals surface area contributed by atoms with E-state index in [1.54, 1.807) is 0 Å². The van der Waals surface area contributed by atoms with Gasteiger partial charge in [0.25, 0.3) is 0 Å². The van der Waals surface area contributed by atoms with Crippen LogP contribution in [0.1, 0.15) is 12.6 Å². The van der Waals surface area contributed by atoms with Crippen molar-refractivity contribution in [2.75, 3.05) is 39.3 Å². The highest BCUT2D eigenvalue weighted by molar-refractivity contribution is 8.14. The van der Waals surface area contributed by atoms with Gasteiger partial charge in [-0.05, 0) is 6.92 Å². The summed E-state index contributed by atoms with van der Waals surface area (Å²) in [6.07, 6.45) is 0. The Balaban J connectivity index is 1.47. The minimum absolute atomic E-state index is 0.164. The van der Waals surface area contributed by atoms with E-state index in [1.807, 2.05) is 28.6 Å². The van der Waals surface area contributed by atoms with Crippen LogP contribution in [0, 0.1) is 6.92 Å². The van der Waals surface area contributed by atoms with Crippen LogP contribution >= 0.6 is 23.1 Å². The van der Waals surface area contributed by atoms with Gasteiger partial charge in [-0.2, -0.15) is 0 Å². The molecule has 1 fully saturated rings. The lowest BCUT2D eigenvalue weighted by molar-refractivity contribution is 0.178. The van der Waals surface area contributed by atoms with Crippen molar-refractivity contribution >= 4 is 28.3 Å². The van der Waals surface area contributed by atoms with Gasteiger partial charge in [-0.3, -0.25) is 14.7 Å². The fourth-order valence-electron chi connectivity index (χ4n) is 2.71. The summed E-state index contributed by atoms with van der Waals surface area (Å²) < 4.78 is 1.88. The number of thioether (sulfide) groups is 1. The first-order valence-electron chi connectivity index (χ1n) is 7.47. The molecule has 0 aromatic carbocycles. The highest BCUT2D eigenvalue weighted by Crippen LogP contribution is 2.23. The maximum absolute atomic E-state index is 11.7. The van der Waals surface area contributed by atoms with Crippen LogP contribution in [0.3, 0.4) is 0 Å². The second-order valence-corrected chi connectivity index (χ2v) is 7.90. The molecule has 0 radical (unpaired) electrons. The number of nitrogens with zero attached hydrogens (tertiary/aromatic N) is 4. The summed E-state index contributed by atoms with van der Waals surface area (Å²) in [6.45, 7) is 11.2. The van der Waals surface area contributed by atoms with Crippen LogP contribution < -0.4 is 4.87 Å². The van der Waals surface area contributed by atoms with Crippen LogP contribution in [0.4, 0.5) is 0 Å². The lowest BCUT2D eigenvalue weighted by Gasteiger charge is -2.35. The molecule has 3 heterocycles. The molecule has 0 unspecified atom stereocenters. The van der Waals surface area contributed by atoms with E-state index in [0.717, 1.165) is 51.5 Å². The number of aryl methyl sites for hydroxylation is 1. The average molecular weight is 326 g/mol. The van der Waals surface area contributed by atoms with Gasteiger partial charge in [0.15, 0.2) is 5.17 Å². The lowest BCUT2D eigenvalue weighted by atomic mass is 10.3.